The number of piperidine rings is 1. The van der Waals surface area contributed by atoms with Crippen molar-refractivity contribution in [1.82, 2.24) is 20.2 Å². The lowest BCUT2D eigenvalue weighted by Crippen LogP contribution is -2.40. The Hall–Kier alpha value is -1.00. The smallest absolute Gasteiger partial charge is 0.115 e. The third kappa shape index (κ3) is 2.08. The minimum Gasteiger partial charge on any atom is -0.312 e. The van der Waals surface area contributed by atoms with Crippen molar-refractivity contribution in [2.45, 2.75) is 25.4 Å². The van der Waals surface area contributed by atoms with Gasteiger partial charge in [0.05, 0.1) is 5.69 Å². The summed E-state index contributed by atoms with van der Waals surface area (Å²) in [5, 5.41) is 3.62. The highest BCUT2D eigenvalue weighted by molar-refractivity contribution is 5.00. The minimum absolute atomic E-state index is 0.718. The number of rotatable bonds is 2. The fourth-order valence-electron chi connectivity index (χ4n) is 2.91. The van der Waals surface area contributed by atoms with Gasteiger partial charge in [-0.1, -0.05) is 0 Å². The number of likely N-dealkylation sites (tertiary alicyclic amines) is 1. The summed E-state index contributed by atoms with van der Waals surface area (Å²) >= 11 is 0. The Kier molecular flexibility index (Phi) is 2.84. The zero-order valence-electron chi connectivity index (χ0n) is 9.47. The van der Waals surface area contributed by atoms with Crippen LogP contribution >= 0.6 is 0 Å². The predicted octanol–water partition coefficient (Wildman–Crippen LogP) is 0.660. The summed E-state index contributed by atoms with van der Waals surface area (Å²) in [6, 6.07) is 2.73. The Morgan fingerprint density at radius 3 is 3.25 bits per heavy atom. The Morgan fingerprint density at radius 2 is 2.44 bits per heavy atom. The standard InChI is InChI=1S/C12H18N4/c1-2-10-6-16(8-12(10)14-4-1)7-11-3-5-13-9-15-11/h3,5,9-10,12,14H,1-2,4,6-8H2. The van der Waals surface area contributed by atoms with E-state index in [0.29, 0.717) is 0 Å². The molecule has 0 aliphatic carbocycles. The number of hydrogen-bond donors (Lipinski definition) is 1. The van der Waals surface area contributed by atoms with Gasteiger partial charge in [-0.3, -0.25) is 4.90 Å². The molecule has 0 bridgehead atoms. The van der Waals surface area contributed by atoms with Crippen LogP contribution in [0, 0.1) is 5.92 Å². The molecule has 2 aliphatic heterocycles. The monoisotopic (exact) mass is 218 g/mol. The van der Waals surface area contributed by atoms with Crippen molar-refractivity contribution in [2.24, 2.45) is 5.92 Å². The highest BCUT2D eigenvalue weighted by atomic mass is 15.2. The van der Waals surface area contributed by atoms with E-state index in [0.717, 1.165) is 24.2 Å². The Balaban J connectivity index is 1.61. The van der Waals surface area contributed by atoms with Crippen LogP contribution in [0.2, 0.25) is 0 Å². The molecular formula is C12H18N4. The predicted molar refractivity (Wildman–Crippen MR) is 61.8 cm³/mol. The maximum atomic E-state index is 4.29. The number of aromatic nitrogens is 2. The molecule has 0 aromatic carbocycles. The Morgan fingerprint density at radius 1 is 1.44 bits per heavy atom. The van der Waals surface area contributed by atoms with Gasteiger partial charge in [-0.25, -0.2) is 9.97 Å². The lowest BCUT2D eigenvalue weighted by atomic mass is 9.94. The summed E-state index contributed by atoms with van der Waals surface area (Å²) in [6.07, 6.45) is 6.18. The van der Waals surface area contributed by atoms with Crippen LogP contribution in [0.1, 0.15) is 18.5 Å². The first kappa shape index (κ1) is 10.2. The van der Waals surface area contributed by atoms with Crippen LogP contribution in [0.15, 0.2) is 18.6 Å². The van der Waals surface area contributed by atoms with Crippen molar-refractivity contribution in [1.29, 1.82) is 0 Å². The highest BCUT2D eigenvalue weighted by Crippen LogP contribution is 2.25. The molecule has 1 aromatic rings. The van der Waals surface area contributed by atoms with Crippen LogP contribution < -0.4 is 5.32 Å². The summed E-state index contributed by atoms with van der Waals surface area (Å²) in [7, 11) is 0. The van der Waals surface area contributed by atoms with E-state index in [1.54, 1.807) is 6.33 Å². The van der Waals surface area contributed by atoms with Crippen LogP contribution in [0.25, 0.3) is 0 Å². The van der Waals surface area contributed by atoms with E-state index in [9.17, 15) is 0 Å². The maximum absolute atomic E-state index is 4.29. The number of nitrogens with zero attached hydrogens (tertiary/aromatic N) is 3. The number of nitrogens with one attached hydrogen (secondary N) is 1. The summed E-state index contributed by atoms with van der Waals surface area (Å²) in [5.74, 6) is 0.857. The van der Waals surface area contributed by atoms with Gasteiger partial charge in [0.15, 0.2) is 0 Å². The molecule has 0 radical (unpaired) electrons. The zero-order chi connectivity index (χ0) is 10.8. The molecular weight excluding hydrogens is 200 g/mol. The fourth-order valence-corrected chi connectivity index (χ4v) is 2.91. The molecule has 16 heavy (non-hydrogen) atoms. The molecule has 0 saturated carbocycles. The van der Waals surface area contributed by atoms with Gasteiger partial charge < -0.3 is 5.32 Å². The van der Waals surface area contributed by atoms with Crippen molar-refractivity contribution < 1.29 is 0 Å². The van der Waals surface area contributed by atoms with Crippen LogP contribution in [-0.2, 0) is 6.54 Å². The molecule has 1 N–H and O–H groups in total. The van der Waals surface area contributed by atoms with Crippen LogP contribution in [0.5, 0.6) is 0 Å². The third-order valence-electron chi connectivity index (χ3n) is 3.70. The fraction of sp³-hybridized carbons (Fsp3) is 0.667. The second-order valence-electron chi connectivity index (χ2n) is 4.86. The largest absolute Gasteiger partial charge is 0.312 e. The molecule has 4 nitrogen and oxygen atoms in total. The van der Waals surface area contributed by atoms with Crippen LogP contribution in [0.3, 0.4) is 0 Å². The molecule has 2 atom stereocenters. The molecule has 3 rings (SSSR count). The second-order valence-corrected chi connectivity index (χ2v) is 4.86. The van der Waals surface area contributed by atoms with E-state index >= 15 is 0 Å². The van der Waals surface area contributed by atoms with Gasteiger partial charge in [0, 0.05) is 31.9 Å². The van der Waals surface area contributed by atoms with Gasteiger partial charge in [0.1, 0.15) is 6.33 Å². The molecule has 86 valence electrons. The SMILES string of the molecule is c1cc(CN2CC3CCCNC3C2)ncn1. The second kappa shape index (κ2) is 4.47. The van der Waals surface area contributed by atoms with E-state index in [4.69, 9.17) is 0 Å². The molecule has 2 unspecified atom stereocenters. The molecule has 2 saturated heterocycles. The topological polar surface area (TPSA) is 41.0 Å². The first-order valence-corrected chi connectivity index (χ1v) is 6.12. The summed E-state index contributed by atoms with van der Waals surface area (Å²) in [4.78, 5) is 10.7. The van der Waals surface area contributed by atoms with E-state index in [2.05, 4.69) is 20.2 Å². The highest BCUT2D eigenvalue weighted by Gasteiger charge is 2.33. The van der Waals surface area contributed by atoms with E-state index in [1.165, 1.54) is 32.5 Å². The van der Waals surface area contributed by atoms with Crippen LogP contribution in [0.4, 0.5) is 0 Å². The van der Waals surface area contributed by atoms with Gasteiger partial charge >= 0.3 is 0 Å². The Bertz CT molecular complexity index is 326. The summed E-state index contributed by atoms with van der Waals surface area (Å²) in [6.45, 7) is 4.57. The quantitative estimate of drug-likeness (QED) is 0.792. The van der Waals surface area contributed by atoms with Crippen molar-refractivity contribution in [2.75, 3.05) is 19.6 Å². The molecule has 0 spiro atoms. The molecule has 2 fully saturated rings. The summed E-state index contributed by atoms with van der Waals surface area (Å²) in [5.41, 5.74) is 1.13. The van der Waals surface area contributed by atoms with E-state index < -0.39 is 0 Å². The first-order valence-electron chi connectivity index (χ1n) is 6.12. The van der Waals surface area contributed by atoms with Crippen molar-refractivity contribution in [3.63, 3.8) is 0 Å². The lowest BCUT2D eigenvalue weighted by molar-refractivity contribution is 0.309. The van der Waals surface area contributed by atoms with Crippen molar-refractivity contribution in [3.05, 3.63) is 24.3 Å². The van der Waals surface area contributed by atoms with Gasteiger partial charge in [0.2, 0.25) is 0 Å². The van der Waals surface area contributed by atoms with E-state index in [1.807, 2.05) is 12.3 Å². The average molecular weight is 218 g/mol. The molecule has 4 heteroatoms. The maximum Gasteiger partial charge on any atom is 0.115 e. The van der Waals surface area contributed by atoms with Gasteiger partial charge in [0.25, 0.3) is 0 Å². The number of fused-ring (bicyclic) bond motifs is 1. The van der Waals surface area contributed by atoms with Crippen molar-refractivity contribution >= 4 is 0 Å². The molecule has 2 aliphatic rings. The average Bonchev–Trinajstić information content (AvgIpc) is 2.72. The lowest BCUT2D eigenvalue weighted by Gasteiger charge is -2.24. The normalized spacial score (nSPS) is 30.2. The third-order valence-corrected chi connectivity index (χ3v) is 3.70. The molecule has 0 amide bonds. The number of hydrogen-bond acceptors (Lipinski definition) is 4. The minimum atomic E-state index is 0.718. The first-order chi connectivity index (χ1) is 7.92. The Labute approximate surface area is 96.1 Å². The van der Waals surface area contributed by atoms with Crippen molar-refractivity contribution in [3.8, 4) is 0 Å². The van der Waals surface area contributed by atoms with Gasteiger partial charge in [-0.15, -0.1) is 0 Å². The zero-order valence-corrected chi connectivity index (χ0v) is 9.47. The molecule has 1 aromatic heterocycles. The van der Waals surface area contributed by atoms with E-state index in [-0.39, 0.29) is 0 Å². The van der Waals surface area contributed by atoms with Gasteiger partial charge in [-0.2, -0.15) is 0 Å². The summed E-state index contributed by atoms with van der Waals surface area (Å²) < 4.78 is 0. The van der Waals surface area contributed by atoms with Crippen LogP contribution in [-0.4, -0.2) is 40.5 Å². The molecule has 3 heterocycles. The van der Waals surface area contributed by atoms with Gasteiger partial charge in [-0.05, 0) is 31.4 Å².